The number of ether oxygens (including phenoxy) is 1. The van der Waals surface area contributed by atoms with Crippen LogP contribution in [0, 0.1) is 11.3 Å². The zero-order valence-corrected chi connectivity index (χ0v) is 6.74. The van der Waals surface area contributed by atoms with Gasteiger partial charge in [0.2, 0.25) is 0 Å². The molecule has 0 aliphatic heterocycles. The molecule has 1 rings (SSSR count). The van der Waals surface area contributed by atoms with Gasteiger partial charge in [0.1, 0.15) is 0 Å². The summed E-state index contributed by atoms with van der Waals surface area (Å²) in [6.45, 7) is 2.29. The smallest absolute Gasteiger partial charge is 0.162 e. The summed E-state index contributed by atoms with van der Waals surface area (Å²) in [5.41, 5.74) is 0.483. The Labute approximate surface area is 70.8 Å². The molecule has 3 nitrogen and oxygen atoms in total. The van der Waals surface area contributed by atoms with Gasteiger partial charge in [-0.05, 0) is 19.1 Å². The van der Waals surface area contributed by atoms with Crippen LogP contribution in [0.2, 0.25) is 0 Å². The van der Waals surface area contributed by atoms with Gasteiger partial charge in [0.05, 0.1) is 18.2 Å². The van der Waals surface area contributed by atoms with E-state index < -0.39 is 0 Å². The second kappa shape index (κ2) is 3.63. The van der Waals surface area contributed by atoms with E-state index in [1.54, 1.807) is 0 Å². The maximum Gasteiger partial charge on any atom is 0.162 e. The van der Waals surface area contributed by atoms with E-state index in [1.807, 2.05) is 13.0 Å². The van der Waals surface area contributed by atoms with Crippen molar-refractivity contribution < 1.29 is 9.84 Å². The summed E-state index contributed by atoms with van der Waals surface area (Å²) in [7, 11) is 0. The first-order valence-corrected chi connectivity index (χ1v) is 3.64. The fourth-order valence-electron chi connectivity index (χ4n) is 0.855. The summed E-state index contributed by atoms with van der Waals surface area (Å²) in [5, 5.41) is 17.8. The Morgan fingerprint density at radius 3 is 2.92 bits per heavy atom. The lowest BCUT2D eigenvalue weighted by Crippen LogP contribution is -1.91. The second-order valence-electron chi connectivity index (χ2n) is 2.23. The quantitative estimate of drug-likeness (QED) is 0.721. The van der Waals surface area contributed by atoms with Gasteiger partial charge in [-0.3, -0.25) is 0 Å². The van der Waals surface area contributed by atoms with Crippen LogP contribution in [0.15, 0.2) is 18.2 Å². The number of phenols is 1. The van der Waals surface area contributed by atoms with Crippen molar-refractivity contribution in [2.75, 3.05) is 6.61 Å². The van der Waals surface area contributed by atoms with E-state index >= 15 is 0 Å². The predicted octanol–water partition coefficient (Wildman–Crippen LogP) is 1.66. The molecular weight excluding hydrogens is 154 g/mol. The summed E-state index contributed by atoms with van der Waals surface area (Å²) >= 11 is 0. The predicted molar refractivity (Wildman–Crippen MR) is 44.0 cm³/mol. The molecule has 0 atom stereocenters. The van der Waals surface area contributed by atoms with Crippen LogP contribution < -0.4 is 4.74 Å². The molecule has 0 heterocycles. The monoisotopic (exact) mass is 163 g/mol. The molecule has 1 N–H and O–H groups in total. The van der Waals surface area contributed by atoms with Crippen molar-refractivity contribution in [2.45, 2.75) is 6.92 Å². The summed E-state index contributed by atoms with van der Waals surface area (Å²) in [4.78, 5) is 0. The average molecular weight is 163 g/mol. The standard InChI is InChI=1S/C9H9NO2/c1-2-12-9-5-7(6-10)3-4-8(9)11/h3-5,11H,2H2,1H3. The molecular formula is C9H9NO2. The molecule has 1 aromatic rings. The first-order chi connectivity index (χ1) is 5.77. The van der Waals surface area contributed by atoms with Crippen molar-refractivity contribution in [2.24, 2.45) is 0 Å². The lowest BCUT2D eigenvalue weighted by atomic mass is 10.2. The molecule has 0 aliphatic rings. The third-order valence-corrected chi connectivity index (χ3v) is 1.39. The normalized spacial score (nSPS) is 9.00. The maximum absolute atomic E-state index is 9.23. The first kappa shape index (κ1) is 8.41. The zero-order valence-electron chi connectivity index (χ0n) is 6.74. The fourth-order valence-corrected chi connectivity index (χ4v) is 0.855. The Morgan fingerprint density at radius 2 is 2.33 bits per heavy atom. The van der Waals surface area contributed by atoms with Crippen LogP contribution >= 0.6 is 0 Å². The highest BCUT2D eigenvalue weighted by molar-refractivity contribution is 5.45. The highest BCUT2D eigenvalue weighted by atomic mass is 16.5. The van der Waals surface area contributed by atoms with Crippen LogP contribution in [0.5, 0.6) is 11.5 Å². The van der Waals surface area contributed by atoms with Crippen LogP contribution in [0.1, 0.15) is 12.5 Å². The molecule has 0 radical (unpaired) electrons. The van der Waals surface area contributed by atoms with Crippen molar-refractivity contribution in [1.29, 1.82) is 5.26 Å². The highest BCUT2D eigenvalue weighted by Gasteiger charge is 2.01. The van der Waals surface area contributed by atoms with Gasteiger partial charge in [-0.2, -0.15) is 5.26 Å². The minimum Gasteiger partial charge on any atom is -0.504 e. The number of nitriles is 1. The Kier molecular flexibility index (Phi) is 2.54. The third-order valence-electron chi connectivity index (χ3n) is 1.39. The number of rotatable bonds is 2. The van der Waals surface area contributed by atoms with E-state index in [2.05, 4.69) is 0 Å². The Bertz CT molecular complexity index is 315. The summed E-state index contributed by atoms with van der Waals surface area (Å²) in [6, 6.07) is 6.46. The van der Waals surface area contributed by atoms with Crippen molar-refractivity contribution in [3.8, 4) is 17.6 Å². The Hall–Kier alpha value is -1.69. The topological polar surface area (TPSA) is 53.2 Å². The molecule has 0 unspecified atom stereocenters. The van der Waals surface area contributed by atoms with Gasteiger partial charge in [-0.25, -0.2) is 0 Å². The number of benzene rings is 1. The van der Waals surface area contributed by atoms with Gasteiger partial charge < -0.3 is 9.84 Å². The van der Waals surface area contributed by atoms with E-state index in [0.29, 0.717) is 17.9 Å². The number of hydrogen-bond donors (Lipinski definition) is 1. The van der Waals surface area contributed by atoms with E-state index in [9.17, 15) is 5.11 Å². The maximum atomic E-state index is 9.23. The largest absolute Gasteiger partial charge is 0.504 e. The number of hydrogen-bond acceptors (Lipinski definition) is 3. The van der Waals surface area contributed by atoms with Crippen molar-refractivity contribution >= 4 is 0 Å². The summed E-state index contributed by atoms with van der Waals surface area (Å²) in [5.74, 6) is 0.424. The number of aromatic hydroxyl groups is 1. The van der Waals surface area contributed by atoms with Gasteiger partial charge in [0.25, 0.3) is 0 Å². The SMILES string of the molecule is CCOc1cc(C#N)ccc1O. The molecule has 0 aromatic heterocycles. The Morgan fingerprint density at radius 1 is 1.58 bits per heavy atom. The van der Waals surface area contributed by atoms with Crippen LogP contribution in [-0.2, 0) is 0 Å². The number of nitrogens with zero attached hydrogens (tertiary/aromatic N) is 1. The molecule has 0 fully saturated rings. The van der Waals surface area contributed by atoms with Gasteiger partial charge in [0, 0.05) is 6.07 Å². The fraction of sp³-hybridized carbons (Fsp3) is 0.222. The summed E-state index contributed by atoms with van der Waals surface area (Å²) < 4.78 is 5.08. The lowest BCUT2D eigenvalue weighted by molar-refractivity contribution is 0.318. The molecule has 0 amide bonds. The van der Waals surface area contributed by atoms with Crippen LogP contribution in [0.3, 0.4) is 0 Å². The van der Waals surface area contributed by atoms with E-state index in [-0.39, 0.29) is 5.75 Å². The number of phenolic OH excluding ortho intramolecular Hbond substituents is 1. The van der Waals surface area contributed by atoms with Gasteiger partial charge in [0.15, 0.2) is 11.5 Å². The molecule has 0 spiro atoms. The minimum absolute atomic E-state index is 0.0656. The second-order valence-corrected chi connectivity index (χ2v) is 2.23. The van der Waals surface area contributed by atoms with E-state index in [1.165, 1.54) is 18.2 Å². The van der Waals surface area contributed by atoms with Crippen molar-refractivity contribution in [1.82, 2.24) is 0 Å². The molecule has 3 heteroatoms. The molecule has 62 valence electrons. The van der Waals surface area contributed by atoms with Crippen LogP contribution in [0.4, 0.5) is 0 Å². The molecule has 1 aromatic carbocycles. The van der Waals surface area contributed by atoms with E-state index in [4.69, 9.17) is 10.00 Å². The Balaban J connectivity index is 3.01. The lowest BCUT2D eigenvalue weighted by Gasteiger charge is -2.04. The van der Waals surface area contributed by atoms with Crippen molar-refractivity contribution in [3.05, 3.63) is 23.8 Å². The summed E-state index contributed by atoms with van der Waals surface area (Å²) in [6.07, 6.45) is 0. The van der Waals surface area contributed by atoms with E-state index in [0.717, 1.165) is 0 Å². The average Bonchev–Trinajstić information content (AvgIpc) is 2.09. The van der Waals surface area contributed by atoms with Crippen LogP contribution in [-0.4, -0.2) is 11.7 Å². The molecule has 0 saturated heterocycles. The third kappa shape index (κ3) is 1.67. The van der Waals surface area contributed by atoms with Gasteiger partial charge >= 0.3 is 0 Å². The molecule has 12 heavy (non-hydrogen) atoms. The zero-order chi connectivity index (χ0) is 8.97. The van der Waals surface area contributed by atoms with Crippen molar-refractivity contribution in [3.63, 3.8) is 0 Å². The first-order valence-electron chi connectivity index (χ1n) is 3.64. The molecule has 0 bridgehead atoms. The minimum atomic E-state index is 0.0656. The van der Waals surface area contributed by atoms with Gasteiger partial charge in [-0.15, -0.1) is 0 Å². The molecule has 0 aliphatic carbocycles. The highest BCUT2D eigenvalue weighted by Crippen LogP contribution is 2.26. The molecule has 0 saturated carbocycles. The van der Waals surface area contributed by atoms with Crippen LogP contribution in [0.25, 0.3) is 0 Å². The van der Waals surface area contributed by atoms with Gasteiger partial charge in [-0.1, -0.05) is 0 Å².